The van der Waals surface area contributed by atoms with Crippen molar-refractivity contribution in [1.82, 2.24) is 9.36 Å². The number of rotatable bonds is 5. The van der Waals surface area contributed by atoms with Gasteiger partial charge < -0.3 is 20.8 Å². The first kappa shape index (κ1) is 19.1. The molecule has 0 atom stereocenters. The first-order valence-electron chi connectivity index (χ1n) is 8.25. The molecular weight excluding hydrogens is 376 g/mol. The zero-order valence-electron chi connectivity index (χ0n) is 15.0. The highest BCUT2D eigenvalue weighted by Crippen LogP contribution is 2.20. The molecule has 0 saturated heterocycles. The van der Waals surface area contributed by atoms with E-state index in [0.29, 0.717) is 22.1 Å². The molecule has 0 aliphatic rings. The standard InChI is InChI=1S/C19H18N6O2S/c1-3-16(26)22-13-6-4-7-14(11-13)27-18(15-8-5-9-21-15)24-19(20)23-17-10-12(2)25-28-17/h3-11,21H,1H2,2H3,(H2,20,23)(H,22,26)/b24-18+. The molecule has 2 aromatic heterocycles. The smallest absolute Gasteiger partial charge is 0.247 e. The number of anilines is 1. The van der Waals surface area contributed by atoms with Crippen molar-refractivity contribution in [2.45, 2.75) is 6.92 Å². The van der Waals surface area contributed by atoms with Crippen LogP contribution in [0.3, 0.4) is 0 Å². The number of carbonyl (C=O) groups excluding carboxylic acids is 1. The number of aromatic nitrogens is 2. The van der Waals surface area contributed by atoms with Crippen molar-refractivity contribution >= 4 is 40.0 Å². The number of hydrogen-bond donors (Lipinski definition) is 3. The number of hydrogen-bond acceptors (Lipinski definition) is 5. The molecule has 0 radical (unpaired) electrons. The Morgan fingerprint density at radius 1 is 1.36 bits per heavy atom. The van der Waals surface area contributed by atoms with E-state index in [1.165, 1.54) is 17.6 Å². The Kier molecular flexibility index (Phi) is 5.97. The van der Waals surface area contributed by atoms with Crippen LogP contribution in [0.15, 0.2) is 71.3 Å². The lowest BCUT2D eigenvalue weighted by molar-refractivity contribution is -0.111. The van der Waals surface area contributed by atoms with Crippen molar-refractivity contribution in [3.8, 4) is 5.75 Å². The SMILES string of the molecule is C=CC(=O)Nc1cccc(O/C(=N/C(N)=N\c2cc(C)ns2)c2ccc[nH]2)c1. The molecule has 0 unspecified atom stereocenters. The molecule has 4 N–H and O–H groups in total. The lowest BCUT2D eigenvalue weighted by atomic mass is 10.3. The zero-order valence-corrected chi connectivity index (χ0v) is 15.9. The fourth-order valence-corrected chi connectivity index (χ4v) is 2.84. The first-order valence-corrected chi connectivity index (χ1v) is 9.02. The maximum absolute atomic E-state index is 11.5. The highest BCUT2D eigenvalue weighted by molar-refractivity contribution is 7.09. The molecule has 0 spiro atoms. The van der Waals surface area contributed by atoms with E-state index in [1.54, 1.807) is 36.5 Å². The van der Waals surface area contributed by atoms with E-state index in [2.05, 4.69) is 31.2 Å². The van der Waals surface area contributed by atoms with E-state index in [9.17, 15) is 4.79 Å². The molecular formula is C19H18N6O2S. The Labute approximate surface area is 165 Å². The first-order chi connectivity index (χ1) is 13.5. The Morgan fingerprint density at radius 2 is 2.21 bits per heavy atom. The maximum Gasteiger partial charge on any atom is 0.247 e. The summed E-state index contributed by atoms with van der Waals surface area (Å²) in [4.78, 5) is 23.0. The summed E-state index contributed by atoms with van der Waals surface area (Å²) in [6.07, 6.45) is 2.94. The van der Waals surface area contributed by atoms with E-state index >= 15 is 0 Å². The van der Waals surface area contributed by atoms with Gasteiger partial charge in [-0.2, -0.15) is 9.37 Å². The molecule has 2 heterocycles. The monoisotopic (exact) mass is 394 g/mol. The maximum atomic E-state index is 11.5. The number of H-pyrrole nitrogens is 1. The number of amides is 1. The Hall–Kier alpha value is -3.72. The molecule has 1 amide bonds. The average Bonchev–Trinajstić information content (AvgIpc) is 3.33. The van der Waals surface area contributed by atoms with E-state index in [4.69, 9.17) is 10.5 Å². The van der Waals surface area contributed by atoms with Crippen LogP contribution in [0.2, 0.25) is 0 Å². The largest absolute Gasteiger partial charge is 0.437 e. The molecule has 0 saturated carbocycles. The minimum atomic E-state index is -0.313. The molecule has 0 fully saturated rings. The number of nitrogens with two attached hydrogens (primary N) is 1. The van der Waals surface area contributed by atoms with Gasteiger partial charge in [-0.25, -0.2) is 4.99 Å². The Morgan fingerprint density at radius 3 is 2.89 bits per heavy atom. The topological polar surface area (TPSA) is 118 Å². The Bertz CT molecular complexity index is 1040. The number of benzene rings is 1. The molecule has 9 heteroatoms. The van der Waals surface area contributed by atoms with Crippen LogP contribution < -0.4 is 15.8 Å². The molecule has 3 rings (SSSR count). The van der Waals surface area contributed by atoms with Gasteiger partial charge in [0.1, 0.15) is 16.4 Å². The molecule has 142 valence electrons. The van der Waals surface area contributed by atoms with E-state index in [-0.39, 0.29) is 17.8 Å². The summed E-state index contributed by atoms with van der Waals surface area (Å²) in [5, 5.41) is 3.33. The number of carbonyl (C=O) groups is 1. The van der Waals surface area contributed by atoms with Crippen molar-refractivity contribution < 1.29 is 9.53 Å². The summed E-state index contributed by atoms with van der Waals surface area (Å²) in [7, 11) is 0. The van der Waals surface area contributed by atoms with Crippen molar-refractivity contribution in [3.05, 3.63) is 72.7 Å². The number of guanidine groups is 1. The minimum Gasteiger partial charge on any atom is -0.437 e. The van der Waals surface area contributed by atoms with Crippen LogP contribution in [0.25, 0.3) is 0 Å². The second-order valence-corrected chi connectivity index (χ2v) is 6.38. The predicted molar refractivity (Wildman–Crippen MR) is 111 cm³/mol. The third kappa shape index (κ3) is 5.15. The van der Waals surface area contributed by atoms with Gasteiger partial charge in [0.25, 0.3) is 0 Å². The molecule has 8 nitrogen and oxygen atoms in total. The summed E-state index contributed by atoms with van der Waals surface area (Å²) in [5.41, 5.74) is 8.02. The third-order valence-electron chi connectivity index (χ3n) is 3.39. The normalized spacial score (nSPS) is 11.9. The van der Waals surface area contributed by atoms with Crippen LogP contribution in [-0.2, 0) is 4.79 Å². The molecule has 28 heavy (non-hydrogen) atoms. The number of ether oxygens (including phenoxy) is 1. The van der Waals surface area contributed by atoms with Crippen LogP contribution in [0, 0.1) is 6.92 Å². The van der Waals surface area contributed by atoms with Gasteiger partial charge in [-0.1, -0.05) is 12.6 Å². The molecule has 3 aromatic rings. The van der Waals surface area contributed by atoms with Crippen molar-refractivity contribution in [2.24, 2.45) is 15.7 Å². The summed E-state index contributed by atoms with van der Waals surface area (Å²) in [6, 6.07) is 12.3. The highest BCUT2D eigenvalue weighted by Gasteiger charge is 2.10. The molecule has 0 aliphatic heterocycles. The van der Waals surface area contributed by atoms with Gasteiger partial charge >= 0.3 is 0 Å². The van der Waals surface area contributed by atoms with Gasteiger partial charge in [-0.15, -0.1) is 0 Å². The fourth-order valence-electron chi connectivity index (χ4n) is 2.19. The van der Waals surface area contributed by atoms with Crippen LogP contribution >= 0.6 is 11.5 Å². The van der Waals surface area contributed by atoms with Crippen LogP contribution in [0.1, 0.15) is 11.4 Å². The number of aromatic amines is 1. The second kappa shape index (κ2) is 8.78. The molecule has 1 aromatic carbocycles. The average molecular weight is 394 g/mol. The van der Waals surface area contributed by atoms with E-state index in [0.717, 1.165) is 5.69 Å². The van der Waals surface area contributed by atoms with Crippen molar-refractivity contribution in [1.29, 1.82) is 0 Å². The van der Waals surface area contributed by atoms with Gasteiger partial charge in [-0.05, 0) is 54.9 Å². The van der Waals surface area contributed by atoms with Gasteiger partial charge in [0, 0.05) is 18.0 Å². The number of nitrogens with one attached hydrogen (secondary N) is 2. The predicted octanol–water partition coefficient (Wildman–Crippen LogP) is 3.38. The van der Waals surface area contributed by atoms with Crippen LogP contribution in [0.4, 0.5) is 10.7 Å². The number of nitrogens with zero attached hydrogens (tertiary/aromatic N) is 3. The summed E-state index contributed by atoms with van der Waals surface area (Å²) in [6.45, 7) is 5.31. The van der Waals surface area contributed by atoms with Gasteiger partial charge in [0.15, 0.2) is 0 Å². The number of aliphatic imine (C=N–C) groups is 2. The van der Waals surface area contributed by atoms with Crippen LogP contribution in [0.5, 0.6) is 5.75 Å². The summed E-state index contributed by atoms with van der Waals surface area (Å²) in [5.74, 6) is 0.423. The quantitative estimate of drug-likeness (QED) is 0.349. The summed E-state index contributed by atoms with van der Waals surface area (Å²) < 4.78 is 10.1. The van der Waals surface area contributed by atoms with Gasteiger partial charge in [-0.3, -0.25) is 4.79 Å². The zero-order chi connectivity index (χ0) is 19.9. The highest BCUT2D eigenvalue weighted by atomic mass is 32.1. The second-order valence-electron chi connectivity index (χ2n) is 5.60. The lowest BCUT2D eigenvalue weighted by Gasteiger charge is -2.09. The van der Waals surface area contributed by atoms with Gasteiger partial charge in [0.2, 0.25) is 17.8 Å². The van der Waals surface area contributed by atoms with Crippen molar-refractivity contribution in [2.75, 3.05) is 5.32 Å². The summed E-state index contributed by atoms with van der Waals surface area (Å²) >= 11 is 1.23. The van der Waals surface area contributed by atoms with E-state index in [1.807, 2.05) is 19.1 Å². The van der Waals surface area contributed by atoms with E-state index < -0.39 is 0 Å². The Balaban J connectivity index is 1.87. The van der Waals surface area contributed by atoms with Crippen LogP contribution in [-0.4, -0.2) is 27.1 Å². The van der Waals surface area contributed by atoms with Crippen molar-refractivity contribution in [3.63, 3.8) is 0 Å². The fraction of sp³-hybridized carbons (Fsp3) is 0.0526. The lowest BCUT2D eigenvalue weighted by Crippen LogP contribution is -2.18. The third-order valence-corrected chi connectivity index (χ3v) is 4.16. The minimum absolute atomic E-state index is 0.0318. The molecule has 0 bridgehead atoms. The molecule has 0 aliphatic carbocycles. The van der Waals surface area contributed by atoms with Gasteiger partial charge in [0.05, 0.1) is 5.69 Å². The number of aryl methyl sites for hydroxylation is 1.